The smallest absolute Gasteiger partial charge is 0.234 e. The molecule has 6 nitrogen and oxygen atoms in total. The second kappa shape index (κ2) is 11.1. The lowest BCUT2D eigenvalue weighted by Gasteiger charge is -2.31. The highest BCUT2D eigenvalue weighted by atomic mass is 32.2. The number of aromatic nitrogens is 3. The molecule has 1 saturated carbocycles. The summed E-state index contributed by atoms with van der Waals surface area (Å²) in [5, 5.41) is 12.9. The predicted octanol–water partition coefficient (Wildman–Crippen LogP) is 6.16. The van der Waals surface area contributed by atoms with Crippen molar-refractivity contribution in [2.75, 3.05) is 24.4 Å². The average Bonchev–Trinajstić information content (AvgIpc) is 3.27. The molecule has 1 amide bonds. The van der Waals surface area contributed by atoms with Crippen LogP contribution in [0.25, 0.3) is 11.4 Å². The second-order valence-electron chi connectivity index (χ2n) is 8.30. The predicted molar refractivity (Wildman–Crippen MR) is 136 cm³/mol. The summed E-state index contributed by atoms with van der Waals surface area (Å²) < 4.78 is 7.57. The van der Waals surface area contributed by atoms with Crippen molar-refractivity contribution in [1.82, 2.24) is 14.8 Å². The van der Waals surface area contributed by atoms with Crippen molar-refractivity contribution < 1.29 is 9.53 Å². The Morgan fingerprint density at radius 2 is 1.94 bits per heavy atom. The molecule has 8 heteroatoms. The average molecular weight is 483 g/mol. The summed E-state index contributed by atoms with van der Waals surface area (Å²) in [5.74, 6) is 2.44. The molecule has 3 aromatic rings. The third-order valence-electron chi connectivity index (χ3n) is 6.10. The highest BCUT2D eigenvalue weighted by Gasteiger charge is 2.29. The Morgan fingerprint density at radius 1 is 1.15 bits per heavy atom. The van der Waals surface area contributed by atoms with Gasteiger partial charge in [0.15, 0.2) is 11.0 Å². The molecule has 33 heavy (non-hydrogen) atoms. The summed E-state index contributed by atoms with van der Waals surface area (Å²) >= 11 is 3.11. The van der Waals surface area contributed by atoms with E-state index in [1.807, 2.05) is 54.8 Å². The summed E-state index contributed by atoms with van der Waals surface area (Å²) in [5.41, 5.74) is 1.82. The van der Waals surface area contributed by atoms with Crippen molar-refractivity contribution in [3.63, 3.8) is 0 Å². The number of nitrogens with one attached hydrogen (secondary N) is 1. The van der Waals surface area contributed by atoms with Crippen LogP contribution in [0.15, 0.2) is 58.6 Å². The van der Waals surface area contributed by atoms with Crippen molar-refractivity contribution in [3.05, 3.63) is 48.5 Å². The van der Waals surface area contributed by atoms with E-state index in [-0.39, 0.29) is 11.7 Å². The largest absolute Gasteiger partial charge is 0.497 e. The molecule has 0 bridgehead atoms. The van der Waals surface area contributed by atoms with Gasteiger partial charge < -0.3 is 10.1 Å². The van der Waals surface area contributed by atoms with Crippen LogP contribution in [0.1, 0.15) is 38.6 Å². The fourth-order valence-electron chi connectivity index (χ4n) is 4.32. The molecule has 0 unspecified atom stereocenters. The maximum atomic E-state index is 12.7. The number of anilines is 1. The topological polar surface area (TPSA) is 69.0 Å². The number of hydrogen-bond donors (Lipinski definition) is 1. The number of methoxy groups -OCH3 is 1. The fourth-order valence-corrected chi connectivity index (χ4v) is 5.57. The first-order valence-electron chi connectivity index (χ1n) is 11.2. The van der Waals surface area contributed by atoms with Crippen molar-refractivity contribution in [2.24, 2.45) is 5.92 Å². The Balaban J connectivity index is 1.55. The molecule has 174 valence electrons. The van der Waals surface area contributed by atoms with Crippen LogP contribution in [0.5, 0.6) is 5.75 Å². The van der Waals surface area contributed by atoms with E-state index in [0.717, 1.165) is 39.3 Å². The van der Waals surface area contributed by atoms with Gasteiger partial charge in [0.1, 0.15) is 5.75 Å². The molecule has 4 rings (SSSR count). The van der Waals surface area contributed by atoms with Gasteiger partial charge in [0.25, 0.3) is 0 Å². The minimum absolute atomic E-state index is 0.0458. The fraction of sp³-hybridized carbons (Fsp3) is 0.400. The first-order chi connectivity index (χ1) is 16.1. The van der Waals surface area contributed by atoms with Crippen molar-refractivity contribution in [3.8, 4) is 17.1 Å². The van der Waals surface area contributed by atoms with Gasteiger partial charge in [0, 0.05) is 22.2 Å². The molecule has 0 spiro atoms. The van der Waals surface area contributed by atoms with Crippen LogP contribution in [0.4, 0.5) is 5.69 Å². The van der Waals surface area contributed by atoms with Crippen molar-refractivity contribution in [1.29, 1.82) is 0 Å². The van der Waals surface area contributed by atoms with Gasteiger partial charge in [-0.1, -0.05) is 37.6 Å². The monoisotopic (exact) mass is 482 g/mol. The number of amides is 1. The zero-order chi connectivity index (χ0) is 23.2. The maximum absolute atomic E-state index is 12.7. The molecule has 1 aromatic heterocycles. The Labute approximate surface area is 203 Å². The van der Waals surface area contributed by atoms with E-state index < -0.39 is 0 Å². The highest BCUT2D eigenvalue weighted by molar-refractivity contribution is 7.99. The van der Waals surface area contributed by atoms with Gasteiger partial charge >= 0.3 is 0 Å². The third kappa shape index (κ3) is 5.73. The van der Waals surface area contributed by atoms with E-state index in [1.54, 1.807) is 18.9 Å². The standard InChI is InChI=1S/C25H30N4O2S2/c1-17-7-4-5-10-22(17)29-24(18-11-13-20(31-2)14-12-18)27-28-25(29)33-16-23(30)26-19-8-6-9-21(15-19)32-3/h6,8-9,11-15,17,22H,4-5,7,10,16H2,1-3H3,(H,26,30)/t17-,22+/m0/s1. The SMILES string of the molecule is COc1ccc(-c2nnc(SCC(=O)Nc3cccc(SC)c3)n2[C@@H]2CCCC[C@@H]2C)cc1. The van der Waals surface area contributed by atoms with Gasteiger partial charge in [-0.3, -0.25) is 9.36 Å². The van der Waals surface area contributed by atoms with E-state index in [0.29, 0.717) is 12.0 Å². The van der Waals surface area contributed by atoms with Crippen molar-refractivity contribution >= 4 is 35.1 Å². The molecular formula is C25H30N4O2S2. The van der Waals surface area contributed by atoms with Crippen LogP contribution in [-0.2, 0) is 4.79 Å². The number of rotatable bonds is 8. The number of hydrogen-bond acceptors (Lipinski definition) is 6. The minimum atomic E-state index is -0.0458. The molecule has 1 fully saturated rings. The van der Waals surface area contributed by atoms with Crippen LogP contribution >= 0.6 is 23.5 Å². The Kier molecular flexibility index (Phi) is 7.98. The van der Waals surface area contributed by atoms with E-state index in [2.05, 4.69) is 27.0 Å². The van der Waals surface area contributed by atoms with Gasteiger partial charge in [-0.2, -0.15) is 0 Å². The van der Waals surface area contributed by atoms with Gasteiger partial charge in [0.2, 0.25) is 5.91 Å². The maximum Gasteiger partial charge on any atom is 0.234 e. The summed E-state index contributed by atoms with van der Waals surface area (Å²) in [6.07, 6.45) is 6.78. The zero-order valence-corrected chi connectivity index (χ0v) is 20.9. The van der Waals surface area contributed by atoms with Gasteiger partial charge in [-0.05, 0) is 67.5 Å². The molecule has 0 saturated heterocycles. The lowest BCUT2D eigenvalue weighted by molar-refractivity contribution is -0.113. The summed E-state index contributed by atoms with van der Waals surface area (Å²) in [6, 6.07) is 16.1. The normalized spacial score (nSPS) is 18.2. The van der Waals surface area contributed by atoms with Gasteiger partial charge in [0.05, 0.1) is 12.9 Å². The van der Waals surface area contributed by atoms with Crippen LogP contribution in [0, 0.1) is 5.92 Å². The van der Waals surface area contributed by atoms with E-state index in [9.17, 15) is 4.79 Å². The van der Waals surface area contributed by atoms with Crippen LogP contribution < -0.4 is 10.1 Å². The van der Waals surface area contributed by atoms with Crippen LogP contribution in [-0.4, -0.2) is 39.8 Å². The van der Waals surface area contributed by atoms with Gasteiger partial charge in [-0.25, -0.2) is 0 Å². The molecule has 2 aromatic carbocycles. The van der Waals surface area contributed by atoms with Crippen molar-refractivity contribution in [2.45, 2.75) is 48.7 Å². The van der Waals surface area contributed by atoms with E-state index in [4.69, 9.17) is 4.74 Å². The van der Waals surface area contributed by atoms with Crippen LogP contribution in [0.3, 0.4) is 0 Å². The molecule has 1 heterocycles. The minimum Gasteiger partial charge on any atom is -0.497 e. The number of thioether (sulfide) groups is 2. The molecule has 2 atom stereocenters. The number of carbonyl (C=O) groups is 1. The molecule has 0 radical (unpaired) electrons. The Bertz CT molecular complexity index is 1080. The van der Waals surface area contributed by atoms with E-state index in [1.165, 1.54) is 31.0 Å². The second-order valence-corrected chi connectivity index (χ2v) is 10.1. The summed E-state index contributed by atoms with van der Waals surface area (Å²) in [7, 11) is 1.67. The molecule has 1 aliphatic rings. The highest BCUT2D eigenvalue weighted by Crippen LogP contribution is 2.39. The molecule has 1 aliphatic carbocycles. The lowest BCUT2D eigenvalue weighted by Crippen LogP contribution is -2.23. The summed E-state index contributed by atoms with van der Waals surface area (Å²) in [4.78, 5) is 13.8. The van der Waals surface area contributed by atoms with Gasteiger partial charge in [-0.15, -0.1) is 22.0 Å². The first kappa shape index (κ1) is 23.7. The molecular weight excluding hydrogens is 452 g/mol. The van der Waals surface area contributed by atoms with Crippen LogP contribution in [0.2, 0.25) is 0 Å². The third-order valence-corrected chi connectivity index (χ3v) is 7.76. The molecule has 1 N–H and O–H groups in total. The quantitative estimate of drug-likeness (QED) is 0.388. The number of ether oxygens (including phenoxy) is 1. The Morgan fingerprint density at radius 3 is 2.67 bits per heavy atom. The first-order valence-corrected chi connectivity index (χ1v) is 13.5. The van der Waals surface area contributed by atoms with E-state index >= 15 is 0 Å². The zero-order valence-electron chi connectivity index (χ0n) is 19.3. The Hall–Kier alpha value is -2.45. The number of carbonyl (C=O) groups excluding carboxylic acids is 1. The molecule has 0 aliphatic heterocycles. The number of benzene rings is 2. The number of nitrogens with zero attached hydrogens (tertiary/aromatic N) is 3. The summed E-state index contributed by atoms with van der Waals surface area (Å²) in [6.45, 7) is 2.31. The lowest BCUT2D eigenvalue weighted by atomic mass is 9.85.